The largest absolute Gasteiger partial charge is 0.313 e. The maximum atomic E-state index is 7.02. The summed E-state index contributed by atoms with van der Waals surface area (Å²) in [7, 11) is 2.17. The Balaban J connectivity index is 2.39. The summed E-state index contributed by atoms with van der Waals surface area (Å²) in [5.74, 6) is 0. The minimum absolute atomic E-state index is 0.126. The summed E-state index contributed by atoms with van der Waals surface area (Å²) in [5, 5.41) is 0. The average Bonchev–Trinajstić information content (AvgIpc) is 2.27. The standard InChI is InChI=1S/C14H27N3/c1-12(15-5)11-16(6)13-7-9-17(10-8-13)14(2,3)4/h12-13H,7-11H2,1-4,6H3. The summed E-state index contributed by atoms with van der Waals surface area (Å²) in [6.07, 6.45) is 2.47. The Morgan fingerprint density at radius 1 is 1.35 bits per heavy atom. The summed E-state index contributed by atoms with van der Waals surface area (Å²) in [4.78, 5) is 8.52. The number of hydrogen-bond donors (Lipinski definition) is 0. The predicted molar refractivity (Wildman–Crippen MR) is 73.0 cm³/mol. The van der Waals surface area contributed by atoms with Crippen LogP contribution in [0.2, 0.25) is 0 Å². The van der Waals surface area contributed by atoms with Crippen LogP contribution < -0.4 is 0 Å². The number of likely N-dealkylation sites (N-methyl/N-ethyl adjacent to an activating group) is 1. The van der Waals surface area contributed by atoms with Crippen molar-refractivity contribution in [2.24, 2.45) is 0 Å². The number of piperidine rings is 1. The van der Waals surface area contributed by atoms with E-state index in [1.165, 1.54) is 25.9 Å². The molecule has 1 fully saturated rings. The first-order valence-electron chi connectivity index (χ1n) is 6.66. The van der Waals surface area contributed by atoms with Crippen molar-refractivity contribution in [2.45, 2.75) is 58.2 Å². The van der Waals surface area contributed by atoms with Gasteiger partial charge in [0.25, 0.3) is 0 Å². The predicted octanol–water partition coefficient (Wildman–Crippen LogP) is 2.49. The molecule has 0 aromatic heterocycles. The highest BCUT2D eigenvalue weighted by Gasteiger charge is 2.29. The molecule has 1 aliphatic rings. The van der Waals surface area contributed by atoms with Gasteiger partial charge in [-0.2, -0.15) is 0 Å². The van der Waals surface area contributed by atoms with Crippen molar-refractivity contribution in [1.82, 2.24) is 9.80 Å². The van der Waals surface area contributed by atoms with Crippen molar-refractivity contribution in [3.05, 3.63) is 11.4 Å². The smallest absolute Gasteiger partial charge is 0.233 e. The average molecular weight is 237 g/mol. The van der Waals surface area contributed by atoms with E-state index in [2.05, 4.69) is 42.5 Å². The monoisotopic (exact) mass is 237 g/mol. The van der Waals surface area contributed by atoms with Crippen LogP contribution in [0.15, 0.2) is 0 Å². The highest BCUT2D eigenvalue weighted by molar-refractivity contribution is 4.86. The Hall–Kier alpha value is -0.590. The molecule has 0 aliphatic carbocycles. The molecule has 0 amide bonds. The summed E-state index contributed by atoms with van der Waals surface area (Å²) < 4.78 is 0. The van der Waals surface area contributed by atoms with Crippen LogP contribution in [-0.2, 0) is 0 Å². The maximum Gasteiger partial charge on any atom is 0.233 e. The zero-order valence-corrected chi connectivity index (χ0v) is 12.0. The fourth-order valence-corrected chi connectivity index (χ4v) is 2.58. The molecule has 0 bridgehead atoms. The van der Waals surface area contributed by atoms with E-state index in [4.69, 9.17) is 6.57 Å². The van der Waals surface area contributed by atoms with E-state index in [0.29, 0.717) is 11.6 Å². The van der Waals surface area contributed by atoms with Gasteiger partial charge in [0.1, 0.15) is 0 Å². The first-order chi connectivity index (χ1) is 7.84. The van der Waals surface area contributed by atoms with E-state index in [9.17, 15) is 0 Å². The molecule has 1 unspecified atom stereocenters. The van der Waals surface area contributed by atoms with Gasteiger partial charge in [0.05, 0.1) is 6.54 Å². The van der Waals surface area contributed by atoms with Crippen molar-refractivity contribution in [2.75, 3.05) is 26.7 Å². The lowest BCUT2D eigenvalue weighted by Gasteiger charge is -2.43. The third-order valence-corrected chi connectivity index (χ3v) is 3.81. The molecule has 0 radical (unpaired) electrons. The molecule has 1 atom stereocenters. The fraction of sp³-hybridized carbons (Fsp3) is 0.929. The first kappa shape index (κ1) is 14.5. The number of nitrogens with zero attached hydrogens (tertiary/aromatic N) is 3. The Morgan fingerprint density at radius 2 is 1.88 bits per heavy atom. The molecule has 1 saturated heterocycles. The fourth-order valence-electron chi connectivity index (χ4n) is 2.58. The summed E-state index contributed by atoms with van der Waals surface area (Å²) >= 11 is 0. The van der Waals surface area contributed by atoms with Crippen molar-refractivity contribution >= 4 is 0 Å². The van der Waals surface area contributed by atoms with Crippen LogP contribution in [0.3, 0.4) is 0 Å². The minimum Gasteiger partial charge on any atom is -0.313 e. The van der Waals surface area contributed by atoms with Crippen molar-refractivity contribution in [1.29, 1.82) is 0 Å². The van der Waals surface area contributed by atoms with Gasteiger partial charge in [0.2, 0.25) is 6.04 Å². The van der Waals surface area contributed by atoms with E-state index in [0.717, 1.165) is 6.54 Å². The lowest BCUT2D eigenvalue weighted by atomic mass is 9.97. The van der Waals surface area contributed by atoms with Gasteiger partial charge in [-0.05, 0) is 40.7 Å². The highest BCUT2D eigenvalue weighted by atomic mass is 15.2. The molecular weight excluding hydrogens is 210 g/mol. The van der Waals surface area contributed by atoms with E-state index in [1.807, 2.05) is 6.92 Å². The van der Waals surface area contributed by atoms with Crippen LogP contribution >= 0.6 is 0 Å². The molecule has 0 saturated carbocycles. The first-order valence-corrected chi connectivity index (χ1v) is 6.66. The molecule has 0 aromatic carbocycles. The van der Waals surface area contributed by atoms with E-state index in [1.54, 1.807) is 0 Å². The number of likely N-dealkylation sites (tertiary alicyclic amines) is 1. The molecule has 98 valence electrons. The summed E-state index contributed by atoms with van der Waals surface area (Å²) in [6, 6.07) is 0.790. The molecule has 0 aromatic rings. The molecule has 1 heterocycles. The molecule has 3 heteroatoms. The Labute approximate surface area is 107 Å². The second-order valence-corrected chi connectivity index (χ2v) is 6.31. The Morgan fingerprint density at radius 3 is 2.29 bits per heavy atom. The lowest BCUT2D eigenvalue weighted by Crippen LogP contribution is -2.50. The van der Waals surface area contributed by atoms with E-state index >= 15 is 0 Å². The Kier molecular flexibility index (Phi) is 4.97. The zero-order chi connectivity index (χ0) is 13.1. The van der Waals surface area contributed by atoms with Gasteiger partial charge in [-0.3, -0.25) is 9.80 Å². The van der Waals surface area contributed by atoms with Crippen LogP contribution in [0.1, 0.15) is 40.5 Å². The van der Waals surface area contributed by atoms with Crippen LogP contribution in [0.4, 0.5) is 0 Å². The molecule has 0 spiro atoms. The van der Waals surface area contributed by atoms with E-state index in [-0.39, 0.29) is 6.04 Å². The maximum absolute atomic E-state index is 7.02. The molecular formula is C14H27N3. The second kappa shape index (κ2) is 5.84. The number of hydrogen-bond acceptors (Lipinski definition) is 2. The topological polar surface area (TPSA) is 10.8 Å². The zero-order valence-electron chi connectivity index (χ0n) is 12.0. The Bertz CT molecular complexity index is 266. The van der Waals surface area contributed by atoms with Crippen LogP contribution in [-0.4, -0.2) is 54.1 Å². The van der Waals surface area contributed by atoms with Crippen LogP contribution in [0.25, 0.3) is 4.85 Å². The second-order valence-electron chi connectivity index (χ2n) is 6.31. The van der Waals surface area contributed by atoms with Crippen LogP contribution in [0, 0.1) is 6.57 Å². The minimum atomic E-state index is 0.126. The van der Waals surface area contributed by atoms with Crippen molar-refractivity contribution < 1.29 is 0 Å². The third-order valence-electron chi connectivity index (χ3n) is 3.81. The third kappa shape index (κ3) is 4.29. The van der Waals surface area contributed by atoms with Gasteiger partial charge in [0, 0.05) is 31.6 Å². The SMILES string of the molecule is [C-]#[N+]C(C)CN(C)C1CCN(C(C)(C)C)CC1. The van der Waals surface area contributed by atoms with Crippen molar-refractivity contribution in [3.8, 4) is 0 Å². The van der Waals surface area contributed by atoms with Gasteiger partial charge >= 0.3 is 0 Å². The number of rotatable bonds is 3. The molecule has 17 heavy (non-hydrogen) atoms. The van der Waals surface area contributed by atoms with Gasteiger partial charge in [-0.25, -0.2) is 6.57 Å². The van der Waals surface area contributed by atoms with Gasteiger partial charge in [0.15, 0.2) is 0 Å². The molecule has 1 rings (SSSR count). The summed E-state index contributed by atoms with van der Waals surface area (Å²) in [6.45, 7) is 19.2. The lowest BCUT2D eigenvalue weighted by molar-refractivity contribution is 0.0651. The highest BCUT2D eigenvalue weighted by Crippen LogP contribution is 2.22. The van der Waals surface area contributed by atoms with Crippen LogP contribution in [0.5, 0.6) is 0 Å². The quantitative estimate of drug-likeness (QED) is 0.698. The van der Waals surface area contributed by atoms with Crippen molar-refractivity contribution in [3.63, 3.8) is 0 Å². The molecule has 1 aliphatic heterocycles. The van der Waals surface area contributed by atoms with Gasteiger partial charge in [-0.15, -0.1) is 0 Å². The van der Waals surface area contributed by atoms with E-state index < -0.39 is 0 Å². The van der Waals surface area contributed by atoms with Gasteiger partial charge in [-0.1, -0.05) is 0 Å². The normalized spacial score (nSPS) is 21.5. The van der Waals surface area contributed by atoms with Gasteiger partial charge < -0.3 is 4.85 Å². The summed E-state index contributed by atoms with van der Waals surface area (Å²) in [5.41, 5.74) is 0.299. The molecule has 3 nitrogen and oxygen atoms in total. The molecule has 0 N–H and O–H groups in total.